The maximum Gasteiger partial charge on any atom is 0.432 e. The van der Waals surface area contributed by atoms with Crippen LogP contribution >= 0.6 is 0 Å². The predicted molar refractivity (Wildman–Crippen MR) is 104 cm³/mol. The zero-order valence-corrected chi connectivity index (χ0v) is 16.5. The van der Waals surface area contributed by atoms with Crippen LogP contribution < -0.4 is 21.3 Å². The second kappa shape index (κ2) is 11.3. The topological polar surface area (TPSA) is 165 Å². The summed E-state index contributed by atoms with van der Waals surface area (Å²) in [5.74, 6) is -0.621. The summed E-state index contributed by atoms with van der Waals surface area (Å²) in [4.78, 5) is 51.9. The van der Waals surface area contributed by atoms with Crippen molar-refractivity contribution in [1.29, 1.82) is 0 Å². The summed E-state index contributed by atoms with van der Waals surface area (Å²) in [6, 6.07) is 5.85. The Balaban J connectivity index is 1.80. The molecule has 0 bridgehead atoms. The summed E-state index contributed by atoms with van der Waals surface area (Å²) in [6.45, 7) is 2.75. The number of nitrogens with one attached hydrogen (secondary N) is 2. The van der Waals surface area contributed by atoms with Gasteiger partial charge in [0.2, 0.25) is 5.91 Å². The molecule has 1 aliphatic rings. The molecule has 1 fully saturated rings. The van der Waals surface area contributed by atoms with Gasteiger partial charge in [-0.25, -0.2) is 9.59 Å². The molecule has 1 aliphatic heterocycles. The lowest BCUT2D eigenvalue weighted by Crippen LogP contribution is -2.46. The van der Waals surface area contributed by atoms with E-state index >= 15 is 0 Å². The van der Waals surface area contributed by atoms with Crippen molar-refractivity contribution in [2.75, 3.05) is 24.6 Å². The number of nitrogens with two attached hydrogens (primary N) is 1. The Bertz CT molecular complexity index is 797. The van der Waals surface area contributed by atoms with Crippen LogP contribution in [0.15, 0.2) is 34.7 Å². The number of carbonyl (C=O) groups is 4. The zero-order valence-electron chi connectivity index (χ0n) is 16.5. The van der Waals surface area contributed by atoms with Gasteiger partial charge in [0.15, 0.2) is 0 Å². The molecule has 4 N–H and O–H groups in total. The van der Waals surface area contributed by atoms with Crippen LogP contribution in [0.5, 0.6) is 0 Å². The number of benzene rings is 1. The zero-order chi connectivity index (χ0) is 21.9. The first-order valence-corrected chi connectivity index (χ1v) is 9.34. The fourth-order valence-electron chi connectivity index (χ4n) is 2.75. The summed E-state index contributed by atoms with van der Waals surface area (Å²) in [7, 11) is 0. The van der Waals surface area contributed by atoms with Crippen LogP contribution in [0, 0.1) is 0 Å². The Hall–Kier alpha value is -3.70. The molecule has 30 heavy (non-hydrogen) atoms. The maximum atomic E-state index is 12.6. The normalized spacial score (nSPS) is 15.8. The molecule has 1 aromatic carbocycles. The van der Waals surface area contributed by atoms with Crippen LogP contribution in [-0.4, -0.2) is 49.7 Å². The van der Waals surface area contributed by atoms with Gasteiger partial charge in [0.05, 0.1) is 19.6 Å². The van der Waals surface area contributed by atoms with Crippen molar-refractivity contribution < 1.29 is 28.8 Å². The van der Waals surface area contributed by atoms with Crippen molar-refractivity contribution in [2.24, 2.45) is 16.1 Å². The molecule has 162 valence electrons. The number of hydrogen-bond donors (Lipinski definition) is 3. The first-order chi connectivity index (χ1) is 14.4. The third-order valence-electron chi connectivity index (χ3n) is 4.12. The summed E-state index contributed by atoms with van der Waals surface area (Å²) in [5.41, 5.74) is 6.23. The van der Waals surface area contributed by atoms with Crippen LogP contribution in [0.2, 0.25) is 0 Å². The number of urea groups is 1. The fraction of sp³-hybridized carbons (Fsp3) is 0.444. The first kappa shape index (κ1) is 22.6. The molecule has 0 aromatic heterocycles. The average Bonchev–Trinajstić information content (AvgIpc) is 3.06. The Morgan fingerprint density at radius 3 is 2.67 bits per heavy atom. The van der Waals surface area contributed by atoms with Crippen LogP contribution in [0.4, 0.5) is 15.3 Å². The molecule has 4 amide bonds. The minimum atomic E-state index is -1.04. The van der Waals surface area contributed by atoms with Gasteiger partial charge in [-0.05, 0) is 31.0 Å². The number of anilines is 1. The molecule has 2 rings (SSSR count). The van der Waals surface area contributed by atoms with E-state index in [1.54, 1.807) is 36.1 Å². The van der Waals surface area contributed by atoms with Gasteiger partial charge >= 0.3 is 18.1 Å². The largest absolute Gasteiger partial charge is 0.466 e. The van der Waals surface area contributed by atoms with Gasteiger partial charge < -0.3 is 26.0 Å². The molecular weight excluding hydrogens is 396 g/mol. The van der Waals surface area contributed by atoms with Gasteiger partial charge in [-0.1, -0.05) is 12.1 Å². The van der Waals surface area contributed by atoms with Crippen molar-refractivity contribution in [3.8, 4) is 0 Å². The summed E-state index contributed by atoms with van der Waals surface area (Å²) < 4.78 is 4.78. The highest BCUT2D eigenvalue weighted by molar-refractivity contribution is 6.01. The molecule has 12 heteroatoms. The van der Waals surface area contributed by atoms with Crippen LogP contribution in [-0.2, 0) is 25.7 Å². The average molecular weight is 420 g/mol. The molecular formula is C18H24N6O6. The van der Waals surface area contributed by atoms with E-state index in [1.807, 2.05) is 0 Å². The number of primary amides is 1. The second-order valence-electron chi connectivity index (χ2n) is 6.24. The lowest BCUT2D eigenvalue weighted by atomic mass is 10.2. The lowest BCUT2D eigenvalue weighted by Gasteiger charge is -2.17. The smallest absolute Gasteiger partial charge is 0.432 e. The highest BCUT2D eigenvalue weighted by Gasteiger charge is 2.33. The van der Waals surface area contributed by atoms with E-state index in [4.69, 9.17) is 10.5 Å². The highest BCUT2D eigenvalue weighted by atomic mass is 16.7. The molecule has 12 nitrogen and oxygen atoms in total. The monoisotopic (exact) mass is 420 g/mol. The van der Waals surface area contributed by atoms with Gasteiger partial charge in [-0.2, -0.15) is 0 Å². The number of rotatable bonds is 9. The van der Waals surface area contributed by atoms with Crippen molar-refractivity contribution in [3.05, 3.63) is 29.8 Å². The van der Waals surface area contributed by atoms with E-state index in [-0.39, 0.29) is 32.0 Å². The minimum Gasteiger partial charge on any atom is -0.466 e. The number of esters is 1. The molecule has 1 saturated heterocycles. The van der Waals surface area contributed by atoms with E-state index in [2.05, 4.69) is 25.9 Å². The van der Waals surface area contributed by atoms with Crippen LogP contribution in [0.1, 0.15) is 25.3 Å². The summed E-state index contributed by atoms with van der Waals surface area (Å²) >= 11 is 0. The van der Waals surface area contributed by atoms with Crippen molar-refractivity contribution >= 4 is 29.7 Å². The van der Waals surface area contributed by atoms with Crippen molar-refractivity contribution in [3.63, 3.8) is 0 Å². The van der Waals surface area contributed by atoms with Gasteiger partial charge in [0.1, 0.15) is 6.04 Å². The Morgan fingerprint density at radius 1 is 1.27 bits per heavy atom. The SMILES string of the molecule is CCOC(=O)CCNC(=O)N[C@H]1CCN(c2ccc(CN=NOC(N)=O)cc2)C1=O. The van der Waals surface area contributed by atoms with E-state index in [9.17, 15) is 19.2 Å². The van der Waals surface area contributed by atoms with Crippen molar-refractivity contribution in [1.82, 2.24) is 10.6 Å². The van der Waals surface area contributed by atoms with E-state index in [0.29, 0.717) is 18.7 Å². The Labute approximate surface area is 172 Å². The van der Waals surface area contributed by atoms with Crippen molar-refractivity contribution in [2.45, 2.75) is 32.4 Å². The fourth-order valence-corrected chi connectivity index (χ4v) is 2.75. The van der Waals surface area contributed by atoms with E-state index in [1.165, 1.54) is 0 Å². The van der Waals surface area contributed by atoms with Gasteiger partial charge in [-0.15, -0.1) is 5.11 Å². The molecule has 0 aliphatic carbocycles. The van der Waals surface area contributed by atoms with E-state index < -0.39 is 24.1 Å². The van der Waals surface area contributed by atoms with E-state index in [0.717, 1.165) is 5.56 Å². The molecule has 0 radical (unpaired) electrons. The summed E-state index contributed by atoms with van der Waals surface area (Å²) in [5, 5.41) is 12.0. The number of carbonyl (C=O) groups excluding carboxylic acids is 4. The quantitative estimate of drug-likeness (QED) is 0.306. The Morgan fingerprint density at radius 2 is 2.00 bits per heavy atom. The van der Waals surface area contributed by atoms with Gasteiger partial charge in [-0.3, -0.25) is 14.4 Å². The van der Waals surface area contributed by atoms with Crippen LogP contribution in [0.25, 0.3) is 0 Å². The number of nitrogens with zero attached hydrogens (tertiary/aromatic N) is 3. The third kappa shape index (κ3) is 7.04. The molecule has 1 atom stereocenters. The standard InChI is InChI=1S/C18H24N6O6/c1-2-29-15(25)7-9-20-18(28)22-14-8-10-24(16(14)26)13-5-3-12(4-6-13)11-21-23-30-17(19)27/h3-6,14H,2,7-11H2,1H3,(H2,19,27)(H2,20,22,28)/t14-/m0/s1. The maximum absolute atomic E-state index is 12.6. The third-order valence-corrected chi connectivity index (χ3v) is 4.12. The molecule has 1 heterocycles. The molecule has 0 unspecified atom stereocenters. The van der Waals surface area contributed by atoms with Gasteiger partial charge in [0.25, 0.3) is 0 Å². The molecule has 0 saturated carbocycles. The predicted octanol–water partition coefficient (Wildman–Crippen LogP) is 1.01. The highest BCUT2D eigenvalue weighted by Crippen LogP contribution is 2.22. The molecule has 1 aromatic rings. The lowest BCUT2D eigenvalue weighted by molar-refractivity contribution is -0.142. The number of hydrogen-bond acceptors (Lipinski definition) is 8. The van der Waals surface area contributed by atoms with Crippen LogP contribution in [0.3, 0.4) is 0 Å². The first-order valence-electron chi connectivity index (χ1n) is 9.34. The minimum absolute atomic E-state index is 0.0621. The number of ether oxygens (including phenoxy) is 1. The molecule has 0 spiro atoms. The Kier molecular flexibility index (Phi) is 8.54. The van der Waals surface area contributed by atoms with Gasteiger partial charge in [0, 0.05) is 24.1 Å². The summed E-state index contributed by atoms with van der Waals surface area (Å²) in [6.07, 6.45) is -0.519. The number of amides is 4. The second-order valence-corrected chi connectivity index (χ2v) is 6.24.